The Bertz CT molecular complexity index is 1030. The second kappa shape index (κ2) is 9.41. The molecule has 14 nitrogen and oxygen atoms in total. The summed E-state index contributed by atoms with van der Waals surface area (Å²) < 4.78 is 15.7. The Balaban J connectivity index is 1.86. The van der Waals surface area contributed by atoms with E-state index >= 15 is 0 Å². The third-order valence-electron chi connectivity index (χ3n) is 6.11. The van der Waals surface area contributed by atoms with Crippen LogP contribution in [0.5, 0.6) is 11.5 Å². The monoisotopic (exact) mass is 481 g/mol. The largest absolute Gasteiger partial charge is 0.493 e. The van der Waals surface area contributed by atoms with Gasteiger partial charge in [0, 0.05) is 19.2 Å². The van der Waals surface area contributed by atoms with Gasteiger partial charge in [-0.25, -0.2) is 19.3 Å². The quantitative estimate of drug-likeness (QED) is 0.355. The maximum absolute atomic E-state index is 12.9. The fourth-order valence-corrected chi connectivity index (χ4v) is 4.42. The first-order chi connectivity index (χ1) is 16.0. The zero-order chi connectivity index (χ0) is 25.2. The number of carbonyl (C=O) groups is 4. The molecule has 2 N–H and O–H groups in total. The summed E-state index contributed by atoms with van der Waals surface area (Å²) in [5, 5.41) is 30.3. The third-order valence-corrected chi connectivity index (χ3v) is 6.11. The van der Waals surface area contributed by atoms with Crippen molar-refractivity contribution in [1.82, 2.24) is 9.80 Å². The topological polar surface area (TPSA) is 186 Å². The Morgan fingerprint density at radius 3 is 2.24 bits per heavy atom. The minimum Gasteiger partial charge on any atom is -0.493 e. The molecule has 1 aliphatic heterocycles. The molecule has 1 aromatic carbocycles. The highest BCUT2D eigenvalue weighted by molar-refractivity contribution is 5.99. The molecule has 0 radical (unpaired) electrons. The molecule has 0 atom stereocenters. The number of ether oxygens (including phenoxy) is 3. The predicted molar refractivity (Wildman–Crippen MR) is 111 cm³/mol. The van der Waals surface area contributed by atoms with Crippen LogP contribution >= 0.6 is 0 Å². The van der Waals surface area contributed by atoms with Crippen molar-refractivity contribution >= 4 is 29.8 Å². The molecule has 14 heteroatoms. The van der Waals surface area contributed by atoms with Crippen LogP contribution in [0.4, 0.5) is 15.3 Å². The van der Waals surface area contributed by atoms with E-state index in [0.717, 1.165) is 24.1 Å². The molecule has 0 unspecified atom stereocenters. The Kier molecular flexibility index (Phi) is 6.79. The van der Waals surface area contributed by atoms with Gasteiger partial charge in [0.1, 0.15) is 11.1 Å². The van der Waals surface area contributed by atoms with Crippen molar-refractivity contribution < 1.29 is 48.5 Å². The van der Waals surface area contributed by atoms with Crippen LogP contribution in [0.2, 0.25) is 0 Å². The first kappa shape index (κ1) is 24.5. The standard InChI is InChI=1S/C20H23N3O11/c1-32-14-10-13(23(30)31)12(16(24)33-2)9-15(14)34-11-3-5-20(6-4-11)17(25)21(18(26)27)7-8-22(20)19(28)29/h9-11H,3-8H2,1-2H3,(H,26,27)(H,28,29). The fraction of sp³-hybridized carbons (Fsp3) is 0.500. The van der Waals surface area contributed by atoms with Gasteiger partial charge in [-0.15, -0.1) is 0 Å². The first-order valence-electron chi connectivity index (χ1n) is 10.2. The van der Waals surface area contributed by atoms with Gasteiger partial charge < -0.3 is 24.4 Å². The SMILES string of the molecule is COC(=O)c1cc(OC2CCC3(CC2)C(=O)N(C(=O)O)CCN3C(=O)O)c(OC)cc1[N+](=O)[O-]. The summed E-state index contributed by atoms with van der Waals surface area (Å²) in [6.07, 6.45) is -2.96. The number of hydrogen-bond acceptors (Lipinski definition) is 9. The Morgan fingerprint density at radius 1 is 1.09 bits per heavy atom. The van der Waals surface area contributed by atoms with Gasteiger partial charge in [-0.3, -0.25) is 19.8 Å². The molecule has 0 bridgehead atoms. The first-order valence-corrected chi connectivity index (χ1v) is 10.2. The van der Waals surface area contributed by atoms with Crippen LogP contribution in [0.1, 0.15) is 36.0 Å². The van der Waals surface area contributed by atoms with E-state index in [1.54, 1.807) is 0 Å². The summed E-state index contributed by atoms with van der Waals surface area (Å²) in [5.74, 6) is -1.71. The fourth-order valence-electron chi connectivity index (χ4n) is 4.42. The molecule has 1 heterocycles. The number of carbonyl (C=O) groups excluding carboxylic acids is 2. The summed E-state index contributed by atoms with van der Waals surface area (Å²) in [4.78, 5) is 60.4. The van der Waals surface area contributed by atoms with Gasteiger partial charge in [-0.1, -0.05) is 0 Å². The second-order valence-corrected chi connectivity index (χ2v) is 7.79. The van der Waals surface area contributed by atoms with E-state index in [9.17, 15) is 39.5 Å². The summed E-state index contributed by atoms with van der Waals surface area (Å²) in [6, 6.07) is 2.17. The molecule has 3 rings (SSSR count). The van der Waals surface area contributed by atoms with Crippen molar-refractivity contribution in [2.45, 2.75) is 37.3 Å². The number of nitro benzene ring substituents is 1. The van der Waals surface area contributed by atoms with Crippen LogP contribution in [0.25, 0.3) is 0 Å². The zero-order valence-electron chi connectivity index (χ0n) is 18.4. The van der Waals surface area contributed by atoms with Crippen LogP contribution in [0.3, 0.4) is 0 Å². The molecule has 1 aliphatic carbocycles. The van der Waals surface area contributed by atoms with Crippen LogP contribution in [-0.4, -0.2) is 88.0 Å². The van der Waals surface area contributed by atoms with Crippen LogP contribution in [0, 0.1) is 10.1 Å². The van der Waals surface area contributed by atoms with Crippen molar-refractivity contribution in [3.8, 4) is 11.5 Å². The molecule has 2 aliphatic rings. The lowest BCUT2D eigenvalue weighted by Gasteiger charge is -2.49. The molecule has 34 heavy (non-hydrogen) atoms. The van der Waals surface area contributed by atoms with Gasteiger partial charge in [-0.05, 0) is 25.7 Å². The van der Waals surface area contributed by atoms with E-state index in [4.69, 9.17) is 9.47 Å². The number of benzene rings is 1. The number of imide groups is 1. The van der Waals surface area contributed by atoms with Crippen molar-refractivity contribution in [2.24, 2.45) is 0 Å². The number of carboxylic acid groups (broad SMARTS) is 2. The minimum absolute atomic E-state index is 0.00222. The second-order valence-electron chi connectivity index (χ2n) is 7.79. The molecule has 3 amide bonds. The molecular formula is C20H23N3O11. The van der Waals surface area contributed by atoms with Gasteiger partial charge in [0.05, 0.1) is 31.3 Å². The lowest BCUT2D eigenvalue weighted by atomic mass is 9.77. The number of rotatable bonds is 5. The van der Waals surface area contributed by atoms with Gasteiger partial charge in [0.25, 0.3) is 11.6 Å². The number of nitrogens with zero attached hydrogens (tertiary/aromatic N) is 3. The van der Waals surface area contributed by atoms with E-state index in [1.807, 2.05) is 0 Å². The van der Waals surface area contributed by atoms with Crippen molar-refractivity contribution in [3.63, 3.8) is 0 Å². The number of hydrogen-bond donors (Lipinski definition) is 2. The summed E-state index contributed by atoms with van der Waals surface area (Å²) >= 11 is 0. The maximum atomic E-state index is 12.9. The number of nitro groups is 1. The zero-order valence-corrected chi connectivity index (χ0v) is 18.4. The normalized spacial score (nSPS) is 22.3. The average molecular weight is 481 g/mol. The molecular weight excluding hydrogens is 458 g/mol. The maximum Gasteiger partial charge on any atom is 0.414 e. The Morgan fingerprint density at radius 2 is 1.74 bits per heavy atom. The highest BCUT2D eigenvalue weighted by Gasteiger charge is 2.54. The lowest BCUT2D eigenvalue weighted by molar-refractivity contribution is -0.385. The molecule has 1 saturated carbocycles. The summed E-state index contributed by atoms with van der Waals surface area (Å²) in [6.45, 7) is -0.393. The van der Waals surface area contributed by atoms with Gasteiger partial charge in [-0.2, -0.15) is 0 Å². The van der Waals surface area contributed by atoms with Gasteiger partial charge in [0.2, 0.25) is 0 Å². The van der Waals surface area contributed by atoms with Crippen molar-refractivity contribution in [2.75, 3.05) is 27.3 Å². The number of amides is 3. The molecule has 184 valence electrons. The van der Waals surface area contributed by atoms with Crippen LogP contribution < -0.4 is 9.47 Å². The molecule has 2 fully saturated rings. The summed E-state index contributed by atoms with van der Waals surface area (Å²) in [5.41, 5.74) is -2.40. The van der Waals surface area contributed by atoms with E-state index < -0.39 is 46.3 Å². The highest BCUT2D eigenvalue weighted by Crippen LogP contribution is 2.41. The van der Waals surface area contributed by atoms with Crippen molar-refractivity contribution in [1.29, 1.82) is 0 Å². The number of methoxy groups -OCH3 is 2. The molecule has 1 aromatic rings. The smallest absolute Gasteiger partial charge is 0.414 e. The Labute approximate surface area is 192 Å². The van der Waals surface area contributed by atoms with E-state index in [0.29, 0.717) is 4.90 Å². The average Bonchev–Trinajstić information content (AvgIpc) is 2.80. The highest BCUT2D eigenvalue weighted by atomic mass is 16.6. The van der Waals surface area contributed by atoms with Crippen molar-refractivity contribution in [3.05, 3.63) is 27.8 Å². The summed E-state index contributed by atoms with van der Waals surface area (Å²) in [7, 11) is 2.35. The van der Waals surface area contributed by atoms with Gasteiger partial charge >= 0.3 is 18.2 Å². The molecule has 1 saturated heterocycles. The van der Waals surface area contributed by atoms with Gasteiger partial charge in [0.15, 0.2) is 11.5 Å². The van der Waals surface area contributed by atoms with E-state index in [-0.39, 0.29) is 55.8 Å². The lowest BCUT2D eigenvalue weighted by Crippen LogP contribution is -2.69. The number of piperazine rings is 1. The molecule has 0 aromatic heterocycles. The Hall–Kier alpha value is -4.10. The van der Waals surface area contributed by atoms with E-state index in [2.05, 4.69) is 4.74 Å². The molecule has 1 spiro atoms. The van der Waals surface area contributed by atoms with Crippen LogP contribution in [0.15, 0.2) is 12.1 Å². The number of esters is 1. The minimum atomic E-state index is -1.53. The van der Waals surface area contributed by atoms with E-state index in [1.165, 1.54) is 7.11 Å². The third kappa shape index (κ3) is 4.25. The van der Waals surface area contributed by atoms with Crippen LogP contribution in [-0.2, 0) is 9.53 Å². The predicted octanol–water partition coefficient (Wildman–Crippen LogP) is 1.95.